The van der Waals surface area contributed by atoms with E-state index in [0.717, 1.165) is 28.7 Å². The molecule has 1 fully saturated rings. The minimum atomic E-state index is 0.125. The number of halogens is 1. The number of amides is 1. The summed E-state index contributed by atoms with van der Waals surface area (Å²) in [5.41, 5.74) is 0. The molecule has 0 spiro atoms. The maximum atomic E-state index is 12.5. The Morgan fingerprint density at radius 1 is 1.61 bits per heavy atom. The molecule has 2 heterocycles. The Bertz CT molecular complexity index is 421. The van der Waals surface area contributed by atoms with Gasteiger partial charge in [-0.25, -0.2) is 0 Å². The molecule has 1 saturated heterocycles. The van der Waals surface area contributed by atoms with Gasteiger partial charge in [-0.15, -0.1) is 11.3 Å². The van der Waals surface area contributed by atoms with Crippen LogP contribution in [0.2, 0.25) is 4.34 Å². The molecule has 3 nitrogen and oxygen atoms in total. The topological polar surface area (TPSA) is 32.3 Å². The number of nitrogens with one attached hydrogen (secondary N) is 1. The van der Waals surface area contributed by atoms with Crippen molar-refractivity contribution in [1.82, 2.24) is 10.2 Å². The molecule has 5 heteroatoms. The van der Waals surface area contributed by atoms with Crippen LogP contribution >= 0.6 is 22.9 Å². The van der Waals surface area contributed by atoms with Crippen molar-refractivity contribution in [3.8, 4) is 0 Å². The van der Waals surface area contributed by atoms with Gasteiger partial charge in [-0.05, 0) is 38.9 Å². The molecule has 1 aliphatic heterocycles. The molecule has 0 aromatic carbocycles. The largest absolute Gasteiger partial charge is 0.338 e. The Morgan fingerprint density at radius 2 is 2.39 bits per heavy atom. The highest BCUT2D eigenvalue weighted by atomic mass is 35.5. The summed E-state index contributed by atoms with van der Waals surface area (Å²) in [6.07, 6.45) is 0.946. The lowest BCUT2D eigenvalue weighted by molar-refractivity contribution is -0.136. The monoisotopic (exact) mass is 286 g/mol. The fourth-order valence-electron chi connectivity index (χ4n) is 2.40. The van der Waals surface area contributed by atoms with E-state index in [1.165, 1.54) is 0 Å². The standard InChI is InChI=1S/C13H19ClN2OS/c1-3-16(8-10-4-5-12(14)18-10)13(17)11-6-7-15-9(11)2/h4-5,9,11,15H,3,6-8H2,1-2H3. The van der Waals surface area contributed by atoms with Gasteiger partial charge in [0, 0.05) is 17.5 Å². The third-order valence-electron chi connectivity index (χ3n) is 3.51. The highest BCUT2D eigenvalue weighted by molar-refractivity contribution is 7.16. The first-order chi connectivity index (χ1) is 8.61. The van der Waals surface area contributed by atoms with E-state index in [1.54, 1.807) is 11.3 Å². The first-order valence-electron chi connectivity index (χ1n) is 6.38. The Morgan fingerprint density at radius 3 is 2.89 bits per heavy atom. The fraction of sp³-hybridized carbons (Fsp3) is 0.615. The van der Waals surface area contributed by atoms with Crippen molar-refractivity contribution in [2.45, 2.75) is 32.9 Å². The third kappa shape index (κ3) is 3.05. The second-order valence-electron chi connectivity index (χ2n) is 4.70. The molecule has 2 rings (SSSR count). The zero-order valence-electron chi connectivity index (χ0n) is 10.8. The molecular formula is C13H19ClN2OS. The molecule has 0 aliphatic carbocycles. The number of thiophene rings is 1. The summed E-state index contributed by atoms with van der Waals surface area (Å²) in [6.45, 7) is 6.49. The van der Waals surface area contributed by atoms with Crippen LogP contribution in [0.5, 0.6) is 0 Å². The smallest absolute Gasteiger partial charge is 0.227 e. The molecule has 0 radical (unpaired) electrons. The number of nitrogens with zero attached hydrogens (tertiary/aromatic N) is 1. The van der Waals surface area contributed by atoms with Gasteiger partial charge in [-0.1, -0.05) is 11.6 Å². The minimum absolute atomic E-state index is 0.125. The molecule has 2 atom stereocenters. The minimum Gasteiger partial charge on any atom is -0.338 e. The third-order valence-corrected chi connectivity index (χ3v) is 4.73. The van der Waals surface area contributed by atoms with Crippen LogP contribution in [0.1, 0.15) is 25.1 Å². The van der Waals surface area contributed by atoms with Crippen molar-refractivity contribution in [2.24, 2.45) is 5.92 Å². The van der Waals surface area contributed by atoms with Crippen molar-refractivity contribution in [2.75, 3.05) is 13.1 Å². The summed E-state index contributed by atoms with van der Waals surface area (Å²) < 4.78 is 0.782. The van der Waals surface area contributed by atoms with Crippen molar-refractivity contribution in [3.63, 3.8) is 0 Å². The summed E-state index contributed by atoms with van der Waals surface area (Å²) in [7, 11) is 0. The van der Waals surface area contributed by atoms with Gasteiger partial charge in [0.1, 0.15) is 0 Å². The van der Waals surface area contributed by atoms with Crippen LogP contribution in [0.4, 0.5) is 0 Å². The van der Waals surface area contributed by atoms with Crippen LogP contribution < -0.4 is 5.32 Å². The van der Waals surface area contributed by atoms with Gasteiger partial charge < -0.3 is 10.2 Å². The van der Waals surface area contributed by atoms with Crippen molar-refractivity contribution in [1.29, 1.82) is 0 Å². The average molecular weight is 287 g/mol. The van der Waals surface area contributed by atoms with E-state index in [-0.39, 0.29) is 11.8 Å². The predicted molar refractivity (Wildman–Crippen MR) is 76.0 cm³/mol. The quantitative estimate of drug-likeness (QED) is 0.923. The Balaban J connectivity index is 2.01. The second kappa shape index (κ2) is 6.04. The summed E-state index contributed by atoms with van der Waals surface area (Å²) in [6, 6.07) is 4.18. The van der Waals surface area contributed by atoms with E-state index in [0.29, 0.717) is 12.6 Å². The molecule has 1 N–H and O–H groups in total. The molecule has 2 unspecified atom stereocenters. The maximum absolute atomic E-state index is 12.5. The van der Waals surface area contributed by atoms with Gasteiger partial charge >= 0.3 is 0 Å². The van der Waals surface area contributed by atoms with E-state index in [4.69, 9.17) is 11.6 Å². The molecule has 1 aromatic heterocycles. The van der Waals surface area contributed by atoms with Gasteiger partial charge in [0.2, 0.25) is 5.91 Å². The molecule has 1 amide bonds. The SMILES string of the molecule is CCN(Cc1ccc(Cl)s1)C(=O)C1CCNC1C. The molecule has 1 aliphatic rings. The van der Waals surface area contributed by atoms with Crippen LogP contribution in [0.25, 0.3) is 0 Å². The summed E-state index contributed by atoms with van der Waals surface area (Å²) in [5, 5.41) is 3.33. The lowest BCUT2D eigenvalue weighted by atomic mass is 10.0. The highest BCUT2D eigenvalue weighted by Gasteiger charge is 2.32. The van der Waals surface area contributed by atoms with Gasteiger partial charge in [0.05, 0.1) is 16.8 Å². The van der Waals surface area contributed by atoms with Crippen LogP contribution in [0.15, 0.2) is 12.1 Å². The van der Waals surface area contributed by atoms with E-state index >= 15 is 0 Å². The van der Waals surface area contributed by atoms with Gasteiger partial charge in [-0.3, -0.25) is 4.79 Å². The first kappa shape index (κ1) is 13.8. The molecule has 18 heavy (non-hydrogen) atoms. The van der Waals surface area contributed by atoms with Crippen molar-refractivity contribution >= 4 is 28.8 Å². The summed E-state index contributed by atoms with van der Waals surface area (Å²) >= 11 is 7.47. The molecule has 0 saturated carbocycles. The average Bonchev–Trinajstić information content (AvgIpc) is 2.94. The number of carbonyl (C=O) groups is 1. The molecule has 100 valence electrons. The zero-order valence-corrected chi connectivity index (χ0v) is 12.4. The Kier molecular flexibility index (Phi) is 4.65. The van der Waals surface area contributed by atoms with E-state index < -0.39 is 0 Å². The van der Waals surface area contributed by atoms with Crippen LogP contribution in [0, 0.1) is 5.92 Å². The van der Waals surface area contributed by atoms with Crippen molar-refractivity contribution < 1.29 is 4.79 Å². The second-order valence-corrected chi connectivity index (χ2v) is 6.50. The van der Waals surface area contributed by atoms with Crippen molar-refractivity contribution in [3.05, 3.63) is 21.3 Å². The Labute approximate surface area is 117 Å². The Hall–Kier alpha value is -0.580. The predicted octanol–water partition coefficient (Wildman–Crippen LogP) is 2.75. The van der Waals surface area contributed by atoms with Crippen LogP contribution in [-0.4, -0.2) is 29.9 Å². The van der Waals surface area contributed by atoms with E-state index in [1.807, 2.05) is 24.0 Å². The maximum Gasteiger partial charge on any atom is 0.227 e. The number of hydrogen-bond acceptors (Lipinski definition) is 3. The lowest BCUT2D eigenvalue weighted by Crippen LogP contribution is -2.39. The van der Waals surface area contributed by atoms with Crippen LogP contribution in [-0.2, 0) is 11.3 Å². The van der Waals surface area contributed by atoms with Gasteiger partial charge in [0.25, 0.3) is 0 Å². The van der Waals surface area contributed by atoms with Crippen LogP contribution in [0.3, 0.4) is 0 Å². The number of carbonyl (C=O) groups excluding carboxylic acids is 1. The van der Waals surface area contributed by atoms with E-state index in [2.05, 4.69) is 12.2 Å². The summed E-state index contributed by atoms with van der Waals surface area (Å²) in [5.74, 6) is 0.389. The van der Waals surface area contributed by atoms with Gasteiger partial charge in [-0.2, -0.15) is 0 Å². The number of hydrogen-bond donors (Lipinski definition) is 1. The normalized spacial score (nSPS) is 23.3. The fourth-order valence-corrected chi connectivity index (χ4v) is 3.50. The summed E-state index contributed by atoms with van der Waals surface area (Å²) in [4.78, 5) is 15.5. The highest BCUT2D eigenvalue weighted by Crippen LogP contribution is 2.24. The molecule has 0 bridgehead atoms. The van der Waals surface area contributed by atoms with E-state index in [9.17, 15) is 4.79 Å². The molecular weight excluding hydrogens is 268 g/mol. The first-order valence-corrected chi connectivity index (χ1v) is 7.57. The zero-order chi connectivity index (χ0) is 13.1. The lowest BCUT2D eigenvalue weighted by Gasteiger charge is -2.25. The molecule has 1 aromatic rings. The number of rotatable bonds is 4. The van der Waals surface area contributed by atoms with Gasteiger partial charge in [0.15, 0.2) is 0 Å².